The van der Waals surface area contributed by atoms with Crippen molar-refractivity contribution in [1.29, 1.82) is 15.8 Å². The molecule has 9 aromatic heterocycles. The number of fused-ring (bicyclic) bond motifs is 3. The first kappa shape index (κ1) is 81.2. The van der Waals surface area contributed by atoms with Crippen molar-refractivity contribution in [2.75, 3.05) is 52.5 Å². The largest absolute Gasteiger partial charge is 1.00 e. The van der Waals surface area contributed by atoms with E-state index in [9.17, 15) is 63.4 Å². The number of ether oxygens (including phenoxy) is 2. The molecule has 9 aromatic rings. The molecule has 0 amide bonds. The van der Waals surface area contributed by atoms with Crippen LogP contribution in [0, 0.1) is 34.0 Å². The molecular weight excluding hydrogens is 1490 g/mol. The van der Waals surface area contributed by atoms with Crippen LogP contribution >= 0.6 is 10.7 Å². The number of nitrogens with one attached hydrogen (secondary N) is 1. The maximum atomic E-state index is 12.6. The van der Waals surface area contributed by atoms with Gasteiger partial charge in [0.15, 0.2) is 0 Å². The van der Waals surface area contributed by atoms with Crippen molar-refractivity contribution < 1.29 is 76.0 Å². The minimum absolute atomic E-state index is 0. The average Bonchev–Trinajstić information content (AvgIpc) is 1.37. The average molecular weight is 1570 g/mol. The number of aromatic nitrogens is 15. The van der Waals surface area contributed by atoms with E-state index < -0.39 is 63.6 Å². The van der Waals surface area contributed by atoms with Crippen LogP contribution in [0.4, 0.5) is 17.3 Å². The number of sulfonamides is 2. The molecule has 3 saturated heterocycles. The van der Waals surface area contributed by atoms with Crippen molar-refractivity contribution in [2.45, 2.75) is 162 Å². The zero-order valence-corrected chi connectivity index (χ0v) is 65.0. The maximum absolute atomic E-state index is 12.6. The summed E-state index contributed by atoms with van der Waals surface area (Å²) in [5, 5.41) is 56.1. The summed E-state index contributed by atoms with van der Waals surface area (Å²) < 4.78 is 135. The summed E-state index contributed by atoms with van der Waals surface area (Å²) in [6, 6.07) is 14.8. The standard InChI is InChI=1S/C23H31N7O3SSi.C20H27N7OSi.C18H19N7O3S.C3H5ClO2S.BF4.Li/c1-35(2,3)11-10-33-17-28-9-6-20-21(25-16-26-22(20)28)18-12-27-30(13-18)23(7-8-24)14-29(15-23)34(31,32)19-4-5-19;1-29(2,3)9-8-28-15-26-7-4-17-18(23-14-24-19(17)26)16-10-25-27(11-16)20(5-6-21)12-22-13-20;19-5-4-18(9-24(10-18)29(27,28)14-1-2-14)25-8-13(7-22-25)16-15-3-6-23(12-26)17(15)21-11-20-16;4-7(5,6)3-1-2-3;2-1(3,4)5;/h6,9,12-13,16,19H,4-5,7,10-11,14-15,17H2,1-3H3;4,7,10-11,14,22H,5,8-9,12-13,15H2,1-3H3;3,6-8,11,14,26H,1-2,4,9-10,12H2;3H,1-2H2;;/q;;;;-1;+1. The molecule has 6 aliphatic rings. The van der Waals surface area contributed by atoms with Gasteiger partial charge in [0.25, 0.3) is 0 Å². The van der Waals surface area contributed by atoms with Crippen LogP contribution in [-0.2, 0) is 75.4 Å². The molecule has 6 fully saturated rings. The molecule has 15 rings (SSSR count). The molecule has 0 atom stereocenters. The Hall–Kier alpha value is -7.32. The van der Waals surface area contributed by atoms with Crippen molar-refractivity contribution in [2.24, 2.45) is 0 Å². The van der Waals surface area contributed by atoms with Crippen LogP contribution in [0.3, 0.4) is 0 Å². The molecule has 0 unspecified atom stereocenters. The zero-order valence-electron chi connectivity index (χ0n) is 59.8. The number of aliphatic hydroxyl groups is 1. The quantitative estimate of drug-likeness (QED) is 0.0307. The monoisotopic (exact) mass is 1570 g/mol. The van der Waals surface area contributed by atoms with E-state index in [4.69, 9.17) is 20.2 Å². The Kier molecular flexibility index (Phi) is 24.9. The molecule has 0 aromatic carbocycles. The van der Waals surface area contributed by atoms with E-state index in [0.29, 0.717) is 44.1 Å². The summed E-state index contributed by atoms with van der Waals surface area (Å²) in [7, 11) is -13.0. The summed E-state index contributed by atoms with van der Waals surface area (Å²) in [5.74, 6) is 0. The normalized spacial score (nSPS) is 17.7. The van der Waals surface area contributed by atoms with Gasteiger partial charge in [0, 0.05) is 149 Å². The Balaban J connectivity index is 0.000000157. The molecule has 0 bridgehead atoms. The van der Waals surface area contributed by atoms with Gasteiger partial charge in [-0.05, 0) is 68.8 Å². The maximum Gasteiger partial charge on any atom is 1.00 e. The summed E-state index contributed by atoms with van der Waals surface area (Å²) >= 11 is 0. The Morgan fingerprint density at radius 2 is 0.868 bits per heavy atom. The van der Waals surface area contributed by atoms with Gasteiger partial charge in [-0.15, -0.1) is 0 Å². The number of nitriles is 3. The molecule has 42 heteroatoms. The topological polar surface area (TPSA) is 377 Å². The SMILES string of the molecule is C[Si](C)(C)CCOCn1ccc2c(-c3cnn(C4(CC#N)CN(S(=O)(=O)C5CC5)C4)c3)ncnc21.C[Si](C)(C)CCOCn1ccc2c(-c3cnn(C4(CC#N)CNC4)c3)ncnc21.F[B-](F)(F)F.N#CCC1(n2cc(-c3ncnc4c3ccn4CO)cn2)CN(S(=O)(=O)C2CC2)C1.O=S(=O)(Cl)C1CC1.[Li+]. The molecule has 30 nitrogen and oxygen atoms in total. The summed E-state index contributed by atoms with van der Waals surface area (Å²) in [6.07, 6.45) is 26.3. The van der Waals surface area contributed by atoms with Gasteiger partial charge in [-0.2, -0.15) is 39.7 Å². The van der Waals surface area contributed by atoms with E-state index in [1.54, 1.807) is 45.0 Å². The van der Waals surface area contributed by atoms with Crippen molar-refractivity contribution in [3.05, 3.63) is 93.0 Å². The summed E-state index contributed by atoms with van der Waals surface area (Å²) in [5.41, 5.74) is 5.41. The van der Waals surface area contributed by atoms with Gasteiger partial charge in [0.2, 0.25) is 29.1 Å². The van der Waals surface area contributed by atoms with Crippen molar-refractivity contribution in [3.8, 4) is 52.0 Å². The van der Waals surface area contributed by atoms with Gasteiger partial charge in [-0.1, -0.05) is 39.3 Å². The first-order chi connectivity index (χ1) is 49.6. The third-order valence-electron chi connectivity index (χ3n) is 18.8. The van der Waals surface area contributed by atoms with Crippen LogP contribution in [0.2, 0.25) is 51.4 Å². The number of nitrogens with zero attached hydrogens (tertiary/aromatic N) is 20. The van der Waals surface area contributed by atoms with Crippen LogP contribution in [0.1, 0.15) is 57.8 Å². The minimum Gasteiger partial charge on any atom is -0.418 e. The Bertz CT molecular complexity index is 5080. The van der Waals surface area contributed by atoms with Crippen LogP contribution in [-0.4, -0.2) is 204 Å². The number of aliphatic hydroxyl groups excluding tert-OH is 1. The molecule has 562 valence electrons. The van der Waals surface area contributed by atoms with Crippen LogP contribution in [0.25, 0.3) is 66.9 Å². The number of hydrogen-bond donors (Lipinski definition) is 2. The van der Waals surface area contributed by atoms with E-state index in [2.05, 4.69) is 108 Å². The third-order valence-corrected chi connectivity index (χ3v) is 28.9. The third kappa shape index (κ3) is 19.0. The van der Waals surface area contributed by atoms with Crippen molar-refractivity contribution in [1.82, 2.24) is 86.9 Å². The molecule has 2 N–H and O–H groups in total. The van der Waals surface area contributed by atoms with Gasteiger partial charge in [-0.3, -0.25) is 14.0 Å². The fourth-order valence-electron chi connectivity index (χ4n) is 12.2. The van der Waals surface area contributed by atoms with E-state index in [1.807, 2.05) is 63.0 Å². The second-order valence-corrected chi connectivity index (χ2v) is 48.1. The predicted molar refractivity (Wildman–Crippen MR) is 389 cm³/mol. The molecule has 106 heavy (non-hydrogen) atoms. The summed E-state index contributed by atoms with van der Waals surface area (Å²) in [6.45, 7) is 18.8. The van der Waals surface area contributed by atoms with Crippen LogP contribution in [0.5, 0.6) is 0 Å². The second-order valence-electron chi connectivity index (χ2n) is 29.6. The first-order valence-corrected chi connectivity index (χ1v) is 46.9. The smallest absolute Gasteiger partial charge is 0.418 e. The Labute approximate surface area is 629 Å². The molecular formula is C64H82BClF4LiN21O9S3Si2. The van der Waals surface area contributed by atoms with Gasteiger partial charge < -0.3 is 50.9 Å². The molecule has 0 spiro atoms. The van der Waals surface area contributed by atoms with Gasteiger partial charge in [0.05, 0.1) is 88.9 Å². The van der Waals surface area contributed by atoms with Crippen LogP contribution in [0.15, 0.2) is 93.0 Å². The van der Waals surface area contributed by atoms with Crippen molar-refractivity contribution in [3.63, 3.8) is 0 Å². The fraction of sp³-hybridized carbons (Fsp3) is 0.531. The number of hydrogen-bond acceptors (Lipinski definition) is 22. The zero-order chi connectivity index (χ0) is 75.5. The Morgan fingerprint density at radius 3 is 1.15 bits per heavy atom. The van der Waals surface area contributed by atoms with Gasteiger partial charge in [0.1, 0.15) is 72.7 Å². The molecule has 12 heterocycles. The van der Waals surface area contributed by atoms with Crippen LogP contribution < -0.4 is 24.2 Å². The van der Waals surface area contributed by atoms with Gasteiger partial charge >= 0.3 is 26.1 Å². The molecule has 3 aliphatic heterocycles. The van der Waals surface area contributed by atoms with E-state index in [-0.39, 0.29) is 85.9 Å². The van der Waals surface area contributed by atoms with Crippen molar-refractivity contribution >= 4 is 96.3 Å². The first-order valence-electron chi connectivity index (χ1n) is 34.1. The van der Waals surface area contributed by atoms with E-state index >= 15 is 0 Å². The molecule has 3 saturated carbocycles. The fourth-order valence-corrected chi connectivity index (χ4v) is 18.9. The Morgan fingerprint density at radius 1 is 0.547 bits per heavy atom. The predicted octanol–water partition coefficient (Wildman–Crippen LogP) is 5.53. The molecule has 0 radical (unpaired) electrons. The number of rotatable bonds is 25. The second kappa shape index (κ2) is 32.5. The number of halogens is 5. The molecule has 3 aliphatic carbocycles. The van der Waals surface area contributed by atoms with E-state index in [1.165, 1.54) is 21.3 Å². The van der Waals surface area contributed by atoms with E-state index in [0.717, 1.165) is 120 Å². The summed E-state index contributed by atoms with van der Waals surface area (Å²) in [4.78, 5) is 26.5. The van der Waals surface area contributed by atoms with Gasteiger partial charge in [-0.25, -0.2) is 55.2 Å². The minimum atomic E-state index is -6.00.